The number of hydrogen-bond acceptors (Lipinski definition) is 3. The maximum atomic E-state index is 12.5. The predicted octanol–water partition coefficient (Wildman–Crippen LogP) is 4.87. The van der Waals surface area contributed by atoms with Gasteiger partial charge in [-0.3, -0.25) is 4.79 Å². The molecule has 4 heteroatoms. The summed E-state index contributed by atoms with van der Waals surface area (Å²) in [4.78, 5) is 12.5. The number of rotatable bonds is 8. The first-order valence-electron chi connectivity index (χ1n) is 7.18. The number of hydrogen-bond donors (Lipinski definition) is 0. The SMILES string of the molecule is CCCC(C)C(=O)c1cc(OCC)c(OCC)cc1Br. The van der Waals surface area contributed by atoms with Gasteiger partial charge in [0.2, 0.25) is 0 Å². The van der Waals surface area contributed by atoms with Gasteiger partial charge in [0.25, 0.3) is 0 Å². The van der Waals surface area contributed by atoms with Crippen LogP contribution >= 0.6 is 15.9 Å². The molecule has 1 unspecified atom stereocenters. The topological polar surface area (TPSA) is 35.5 Å². The number of benzene rings is 1. The molecular formula is C16H23BrO3. The first-order valence-corrected chi connectivity index (χ1v) is 7.97. The molecule has 0 spiro atoms. The maximum absolute atomic E-state index is 12.5. The van der Waals surface area contributed by atoms with E-state index in [0.29, 0.717) is 30.3 Å². The number of Topliss-reactive ketones (excluding diaryl/α,β-unsaturated/α-hetero) is 1. The molecular weight excluding hydrogens is 320 g/mol. The Kier molecular flexibility index (Phi) is 7.06. The fourth-order valence-electron chi connectivity index (χ4n) is 2.09. The summed E-state index contributed by atoms with van der Waals surface area (Å²) in [5, 5.41) is 0. The van der Waals surface area contributed by atoms with Gasteiger partial charge in [-0.15, -0.1) is 0 Å². The highest BCUT2D eigenvalue weighted by atomic mass is 79.9. The van der Waals surface area contributed by atoms with Gasteiger partial charge < -0.3 is 9.47 Å². The lowest BCUT2D eigenvalue weighted by Crippen LogP contribution is -2.12. The third kappa shape index (κ3) is 4.23. The largest absolute Gasteiger partial charge is 0.490 e. The van der Waals surface area contributed by atoms with Crippen LogP contribution in [0.25, 0.3) is 0 Å². The van der Waals surface area contributed by atoms with Gasteiger partial charge >= 0.3 is 0 Å². The molecule has 1 atom stereocenters. The zero-order chi connectivity index (χ0) is 15.1. The second-order valence-electron chi connectivity index (χ2n) is 4.70. The average molecular weight is 343 g/mol. The Balaban J connectivity index is 3.13. The van der Waals surface area contributed by atoms with E-state index < -0.39 is 0 Å². The second-order valence-corrected chi connectivity index (χ2v) is 5.55. The van der Waals surface area contributed by atoms with Gasteiger partial charge in [0.15, 0.2) is 17.3 Å². The Labute approximate surface area is 129 Å². The molecule has 0 N–H and O–H groups in total. The molecule has 0 fully saturated rings. The molecule has 20 heavy (non-hydrogen) atoms. The summed E-state index contributed by atoms with van der Waals surface area (Å²) in [7, 11) is 0. The van der Waals surface area contributed by atoms with Gasteiger partial charge in [0.05, 0.1) is 13.2 Å². The monoisotopic (exact) mass is 342 g/mol. The smallest absolute Gasteiger partial charge is 0.166 e. The van der Waals surface area contributed by atoms with E-state index in [1.54, 1.807) is 6.07 Å². The molecule has 0 aliphatic heterocycles. The number of carbonyl (C=O) groups excluding carboxylic acids is 1. The second kappa shape index (κ2) is 8.30. The van der Waals surface area contributed by atoms with Crippen LogP contribution in [-0.4, -0.2) is 19.0 Å². The van der Waals surface area contributed by atoms with E-state index >= 15 is 0 Å². The summed E-state index contributed by atoms with van der Waals surface area (Å²) in [5.41, 5.74) is 0.665. The van der Waals surface area contributed by atoms with Crippen LogP contribution < -0.4 is 9.47 Å². The quantitative estimate of drug-likeness (QED) is 0.632. The molecule has 1 rings (SSSR count). The molecule has 0 amide bonds. The van der Waals surface area contributed by atoms with Crippen molar-refractivity contribution in [1.82, 2.24) is 0 Å². The van der Waals surface area contributed by atoms with E-state index in [0.717, 1.165) is 17.3 Å². The van der Waals surface area contributed by atoms with Gasteiger partial charge in [0, 0.05) is 16.0 Å². The lowest BCUT2D eigenvalue weighted by molar-refractivity contribution is 0.0922. The van der Waals surface area contributed by atoms with E-state index in [1.807, 2.05) is 26.8 Å². The Bertz CT molecular complexity index is 457. The van der Waals surface area contributed by atoms with E-state index in [9.17, 15) is 4.79 Å². The fourth-order valence-corrected chi connectivity index (χ4v) is 2.61. The molecule has 3 nitrogen and oxygen atoms in total. The van der Waals surface area contributed by atoms with Crippen molar-refractivity contribution in [3.63, 3.8) is 0 Å². The lowest BCUT2D eigenvalue weighted by Gasteiger charge is -2.15. The molecule has 1 aromatic rings. The van der Waals surface area contributed by atoms with Crippen LogP contribution in [0.1, 0.15) is 50.9 Å². The fraction of sp³-hybridized carbons (Fsp3) is 0.562. The van der Waals surface area contributed by atoms with Crippen LogP contribution in [0.3, 0.4) is 0 Å². The highest BCUT2D eigenvalue weighted by Gasteiger charge is 2.20. The Morgan fingerprint density at radius 3 is 2.20 bits per heavy atom. The van der Waals surface area contributed by atoms with E-state index in [1.165, 1.54) is 0 Å². The molecule has 0 saturated carbocycles. The van der Waals surface area contributed by atoms with Crippen LogP contribution in [-0.2, 0) is 0 Å². The average Bonchev–Trinajstić information content (AvgIpc) is 2.41. The van der Waals surface area contributed by atoms with Gasteiger partial charge in [-0.05, 0) is 48.3 Å². The molecule has 112 valence electrons. The minimum Gasteiger partial charge on any atom is -0.490 e. The summed E-state index contributed by atoms with van der Waals surface area (Å²) in [6.07, 6.45) is 1.89. The third-order valence-electron chi connectivity index (χ3n) is 3.07. The number of ketones is 1. The molecule has 0 aliphatic carbocycles. The normalized spacial score (nSPS) is 12.1. The van der Waals surface area contributed by atoms with Crippen LogP contribution in [0, 0.1) is 5.92 Å². The van der Waals surface area contributed by atoms with Crippen molar-refractivity contribution in [2.75, 3.05) is 13.2 Å². The van der Waals surface area contributed by atoms with E-state index in [-0.39, 0.29) is 11.7 Å². The Hall–Kier alpha value is -1.03. The number of halogens is 1. The maximum Gasteiger partial charge on any atom is 0.166 e. The van der Waals surface area contributed by atoms with Crippen molar-refractivity contribution in [3.05, 3.63) is 22.2 Å². The van der Waals surface area contributed by atoms with E-state index in [4.69, 9.17) is 9.47 Å². The molecule has 0 bridgehead atoms. The van der Waals surface area contributed by atoms with E-state index in [2.05, 4.69) is 22.9 Å². The zero-order valence-corrected chi connectivity index (χ0v) is 14.2. The highest BCUT2D eigenvalue weighted by molar-refractivity contribution is 9.10. The van der Waals surface area contributed by atoms with Gasteiger partial charge in [-0.2, -0.15) is 0 Å². The minimum absolute atomic E-state index is 0.0173. The summed E-state index contributed by atoms with van der Waals surface area (Å²) in [6.45, 7) is 8.99. The van der Waals surface area contributed by atoms with Crippen molar-refractivity contribution >= 4 is 21.7 Å². The molecule has 1 aromatic carbocycles. The Morgan fingerprint density at radius 1 is 1.15 bits per heavy atom. The zero-order valence-electron chi connectivity index (χ0n) is 12.7. The summed E-state index contributed by atoms with van der Waals surface area (Å²) in [5.74, 6) is 1.46. The standard InChI is InChI=1S/C16H23BrO3/c1-5-8-11(4)16(18)12-9-14(19-6-2)15(20-7-3)10-13(12)17/h9-11H,5-8H2,1-4H3. The molecule has 0 heterocycles. The third-order valence-corrected chi connectivity index (χ3v) is 3.72. The number of ether oxygens (including phenoxy) is 2. The van der Waals surface area contributed by atoms with Crippen molar-refractivity contribution < 1.29 is 14.3 Å². The van der Waals surface area contributed by atoms with Crippen molar-refractivity contribution in [2.24, 2.45) is 5.92 Å². The van der Waals surface area contributed by atoms with Crippen LogP contribution in [0.15, 0.2) is 16.6 Å². The molecule has 0 saturated heterocycles. The van der Waals surface area contributed by atoms with Crippen molar-refractivity contribution in [2.45, 2.75) is 40.5 Å². The van der Waals surface area contributed by atoms with Crippen LogP contribution in [0.2, 0.25) is 0 Å². The van der Waals surface area contributed by atoms with Gasteiger partial charge in [-0.25, -0.2) is 0 Å². The van der Waals surface area contributed by atoms with Gasteiger partial charge in [-0.1, -0.05) is 20.3 Å². The summed E-state index contributed by atoms with van der Waals surface area (Å²) >= 11 is 3.47. The lowest BCUT2D eigenvalue weighted by atomic mass is 9.95. The van der Waals surface area contributed by atoms with Crippen LogP contribution in [0.5, 0.6) is 11.5 Å². The Morgan fingerprint density at radius 2 is 1.70 bits per heavy atom. The summed E-state index contributed by atoms with van der Waals surface area (Å²) < 4.78 is 11.9. The van der Waals surface area contributed by atoms with Crippen molar-refractivity contribution in [1.29, 1.82) is 0 Å². The number of carbonyl (C=O) groups is 1. The highest BCUT2D eigenvalue weighted by Crippen LogP contribution is 2.35. The molecule has 0 radical (unpaired) electrons. The molecule has 0 aromatic heterocycles. The van der Waals surface area contributed by atoms with Crippen molar-refractivity contribution in [3.8, 4) is 11.5 Å². The predicted molar refractivity (Wildman–Crippen MR) is 84.9 cm³/mol. The minimum atomic E-state index is 0.0173. The summed E-state index contributed by atoms with van der Waals surface area (Å²) in [6, 6.07) is 3.60. The first kappa shape index (κ1) is 17.0. The molecule has 0 aliphatic rings. The first-order chi connectivity index (χ1) is 9.54. The van der Waals surface area contributed by atoms with Gasteiger partial charge in [0.1, 0.15) is 0 Å². The van der Waals surface area contributed by atoms with Crippen LogP contribution in [0.4, 0.5) is 0 Å².